The second-order valence-corrected chi connectivity index (χ2v) is 9.98. The fraction of sp³-hybridized carbons (Fsp3) is 0.680. The van der Waals surface area contributed by atoms with Gasteiger partial charge < -0.3 is 20.4 Å². The molecule has 6 heteroatoms. The van der Waals surface area contributed by atoms with Crippen LogP contribution in [0, 0.1) is 25.7 Å². The van der Waals surface area contributed by atoms with E-state index in [2.05, 4.69) is 44.4 Å². The van der Waals surface area contributed by atoms with Crippen LogP contribution in [0.5, 0.6) is 0 Å². The van der Waals surface area contributed by atoms with Crippen molar-refractivity contribution in [1.82, 2.24) is 5.32 Å². The van der Waals surface area contributed by atoms with Crippen LogP contribution >= 0.6 is 0 Å². The maximum atomic E-state index is 12.9. The standard InChI is InChI=1S/C25H40N4O2/c1-17-8-6-10-22(19(17)3)26-24(30)16-28-12-14-29(15-13-28)21(5)25(31)27-23-11-7-9-18(2)20(23)4/h6,8,10,18,20-21,23H,7,9,11-16H2,1-5H3,(H,26,30)(H,27,31)/p+2/t18-,20-,21+,23+/m0/s1. The number of hydrogen-bond acceptors (Lipinski definition) is 2. The van der Waals surface area contributed by atoms with E-state index in [1.54, 1.807) is 0 Å². The molecule has 0 spiro atoms. The number of nitrogens with one attached hydrogen (secondary N) is 4. The number of hydrogen-bond donors (Lipinski definition) is 4. The van der Waals surface area contributed by atoms with Crippen molar-refractivity contribution in [1.29, 1.82) is 0 Å². The second-order valence-electron chi connectivity index (χ2n) is 9.98. The van der Waals surface area contributed by atoms with Gasteiger partial charge in [0.2, 0.25) is 0 Å². The fourth-order valence-corrected chi connectivity index (χ4v) is 5.12. The van der Waals surface area contributed by atoms with Crippen LogP contribution in [0.25, 0.3) is 0 Å². The van der Waals surface area contributed by atoms with Crippen molar-refractivity contribution >= 4 is 17.5 Å². The van der Waals surface area contributed by atoms with Crippen molar-refractivity contribution < 1.29 is 19.4 Å². The highest BCUT2D eigenvalue weighted by molar-refractivity contribution is 5.92. The van der Waals surface area contributed by atoms with Crippen LogP contribution in [0.1, 0.15) is 51.2 Å². The lowest BCUT2D eigenvalue weighted by Gasteiger charge is -2.36. The molecule has 172 valence electrons. The molecule has 1 aromatic rings. The smallest absolute Gasteiger partial charge is 0.279 e. The molecule has 0 radical (unpaired) electrons. The minimum atomic E-state index is -0.0326. The summed E-state index contributed by atoms with van der Waals surface area (Å²) in [7, 11) is 0. The van der Waals surface area contributed by atoms with Crippen LogP contribution < -0.4 is 20.4 Å². The Morgan fingerprint density at radius 2 is 1.81 bits per heavy atom. The average Bonchev–Trinajstić information content (AvgIpc) is 2.74. The molecule has 4 N–H and O–H groups in total. The zero-order valence-electron chi connectivity index (χ0n) is 20.0. The minimum absolute atomic E-state index is 0.0326. The lowest BCUT2D eigenvalue weighted by molar-refractivity contribution is -1.01. The molecule has 0 unspecified atom stereocenters. The highest BCUT2D eigenvalue weighted by Crippen LogP contribution is 2.29. The molecule has 31 heavy (non-hydrogen) atoms. The van der Waals surface area contributed by atoms with Gasteiger partial charge in [-0.2, -0.15) is 0 Å². The molecular formula is C25H42N4O2+2. The molecule has 1 saturated heterocycles. The van der Waals surface area contributed by atoms with Crippen molar-refractivity contribution in [3.8, 4) is 0 Å². The molecule has 2 amide bonds. The van der Waals surface area contributed by atoms with Gasteiger partial charge in [0.1, 0.15) is 26.2 Å². The first kappa shape index (κ1) is 23.7. The zero-order valence-corrected chi connectivity index (χ0v) is 20.0. The van der Waals surface area contributed by atoms with Gasteiger partial charge in [-0.15, -0.1) is 0 Å². The number of piperazine rings is 1. The summed E-state index contributed by atoms with van der Waals surface area (Å²) in [5, 5.41) is 6.42. The quantitative estimate of drug-likeness (QED) is 0.526. The van der Waals surface area contributed by atoms with Gasteiger partial charge in [0.25, 0.3) is 11.8 Å². The van der Waals surface area contributed by atoms with E-state index in [1.807, 2.05) is 19.1 Å². The predicted molar refractivity (Wildman–Crippen MR) is 124 cm³/mol. The van der Waals surface area contributed by atoms with Crippen molar-refractivity contribution in [2.75, 3.05) is 38.0 Å². The van der Waals surface area contributed by atoms with Gasteiger partial charge in [-0.1, -0.05) is 38.8 Å². The SMILES string of the molecule is Cc1cccc(NC(=O)C[NH+]2CC[NH+]([C@H](C)C(=O)N[C@@H]3CCC[C@H](C)[C@@H]3C)CC2)c1C. The maximum absolute atomic E-state index is 12.9. The number of anilines is 1. The van der Waals surface area contributed by atoms with Crippen LogP contribution in [0.15, 0.2) is 18.2 Å². The fourth-order valence-electron chi connectivity index (χ4n) is 5.12. The number of amides is 2. The van der Waals surface area contributed by atoms with Crippen LogP contribution in [-0.2, 0) is 9.59 Å². The van der Waals surface area contributed by atoms with Gasteiger partial charge in [-0.25, -0.2) is 0 Å². The van der Waals surface area contributed by atoms with Gasteiger partial charge in [0.05, 0.1) is 0 Å². The lowest BCUT2D eigenvalue weighted by Crippen LogP contribution is -3.30. The number of carbonyl (C=O) groups excluding carboxylic acids is 2. The molecule has 4 atom stereocenters. The maximum Gasteiger partial charge on any atom is 0.279 e. The molecule has 1 aliphatic heterocycles. The summed E-state index contributed by atoms with van der Waals surface area (Å²) >= 11 is 0. The molecule has 1 saturated carbocycles. The van der Waals surface area contributed by atoms with Gasteiger partial charge in [0, 0.05) is 11.7 Å². The van der Waals surface area contributed by atoms with Crippen molar-refractivity contribution in [2.45, 2.75) is 66.0 Å². The first-order chi connectivity index (χ1) is 14.8. The summed E-state index contributed by atoms with van der Waals surface area (Å²) in [6.45, 7) is 14.9. The van der Waals surface area contributed by atoms with Gasteiger partial charge in [0.15, 0.2) is 12.6 Å². The Kier molecular flexibility index (Phi) is 8.11. The topological polar surface area (TPSA) is 67.1 Å². The Bertz CT molecular complexity index is 773. The predicted octanol–water partition coefficient (Wildman–Crippen LogP) is 0.355. The summed E-state index contributed by atoms with van der Waals surface area (Å²) < 4.78 is 0. The molecular weight excluding hydrogens is 388 g/mol. The van der Waals surface area contributed by atoms with E-state index in [0.717, 1.165) is 43.9 Å². The lowest BCUT2D eigenvalue weighted by atomic mass is 9.78. The van der Waals surface area contributed by atoms with Gasteiger partial charge in [-0.05, 0) is 56.2 Å². The monoisotopic (exact) mass is 430 g/mol. The zero-order chi connectivity index (χ0) is 22.5. The summed E-state index contributed by atoms with van der Waals surface area (Å²) in [6.07, 6.45) is 3.59. The van der Waals surface area contributed by atoms with E-state index in [-0.39, 0.29) is 17.9 Å². The van der Waals surface area contributed by atoms with Crippen LogP contribution in [0.4, 0.5) is 5.69 Å². The minimum Gasteiger partial charge on any atom is -0.348 e. The number of rotatable bonds is 6. The van der Waals surface area contributed by atoms with E-state index < -0.39 is 0 Å². The Labute approximate surface area is 187 Å². The van der Waals surface area contributed by atoms with Crippen molar-refractivity contribution in [3.63, 3.8) is 0 Å². The third-order valence-corrected chi connectivity index (χ3v) is 7.93. The largest absolute Gasteiger partial charge is 0.348 e. The van der Waals surface area contributed by atoms with Crippen molar-refractivity contribution in [3.05, 3.63) is 29.3 Å². The van der Waals surface area contributed by atoms with Crippen molar-refractivity contribution in [2.24, 2.45) is 11.8 Å². The molecule has 2 fully saturated rings. The average molecular weight is 431 g/mol. The number of quaternary nitrogens is 2. The van der Waals surface area contributed by atoms with Crippen LogP contribution in [0.2, 0.25) is 0 Å². The summed E-state index contributed by atoms with van der Waals surface area (Å²) in [5.74, 6) is 1.50. The van der Waals surface area contributed by atoms with Gasteiger partial charge in [-0.3, -0.25) is 9.59 Å². The Morgan fingerprint density at radius 3 is 2.52 bits per heavy atom. The number of aryl methyl sites for hydroxylation is 1. The normalized spacial score (nSPS) is 29.8. The van der Waals surface area contributed by atoms with Crippen LogP contribution in [-0.4, -0.2) is 56.6 Å². The first-order valence-corrected chi connectivity index (χ1v) is 12.1. The third-order valence-electron chi connectivity index (χ3n) is 7.93. The Hall–Kier alpha value is -1.92. The highest BCUT2D eigenvalue weighted by Gasteiger charge is 2.34. The Morgan fingerprint density at radius 1 is 1.10 bits per heavy atom. The molecule has 1 aliphatic carbocycles. The van der Waals surface area contributed by atoms with Crippen LogP contribution in [0.3, 0.4) is 0 Å². The molecule has 2 aliphatic rings. The molecule has 1 aromatic carbocycles. The van der Waals surface area contributed by atoms with Gasteiger partial charge >= 0.3 is 0 Å². The summed E-state index contributed by atoms with van der Waals surface area (Å²) in [6, 6.07) is 6.29. The van der Waals surface area contributed by atoms with E-state index >= 15 is 0 Å². The van der Waals surface area contributed by atoms with E-state index in [4.69, 9.17) is 0 Å². The molecule has 0 bridgehead atoms. The Balaban J connectivity index is 1.43. The first-order valence-electron chi connectivity index (χ1n) is 12.1. The summed E-state index contributed by atoms with van der Waals surface area (Å²) in [4.78, 5) is 28.1. The highest BCUT2D eigenvalue weighted by atomic mass is 16.2. The third kappa shape index (κ3) is 6.07. The van der Waals surface area contributed by atoms with E-state index in [9.17, 15) is 9.59 Å². The number of benzene rings is 1. The molecule has 3 rings (SSSR count). The molecule has 6 nitrogen and oxygen atoms in total. The second kappa shape index (κ2) is 10.6. The van der Waals surface area contributed by atoms with E-state index in [1.165, 1.54) is 28.2 Å². The van der Waals surface area contributed by atoms with E-state index in [0.29, 0.717) is 24.4 Å². The molecule has 0 aromatic heterocycles. The molecule has 1 heterocycles. The summed E-state index contributed by atoms with van der Waals surface area (Å²) in [5.41, 5.74) is 3.22. The number of carbonyl (C=O) groups is 2.